The number of likely N-dealkylation sites (tertiary alicyclic amines) is 1. The Balaban J connectivity index is 1.48. The van der Waals surface area contributed by atoms with Crippen LogP contribution in [0.3, 0.4) is 0 Å². The van der Waals surface area contributed by atoms with Crippen LogP contribution in [0, 0.1) is 0 Å². The van der Waals surface area contributed by atoms with Crippen molar-refractivity contribution < 1.29 is 14.3 Å². The number of hydrogen-bond acceptors (Lipinski definition) is 5. The van der Waals surface area contributed by atoms with Gasteiger partial charge in [-0.3, -0.25) is 4.79 Å². The van der Waals surface area contributed by atoms with Crippen LogP contribution in [0.15, 0.2) is 12.7 Å². The Morgan fingerprint density at radius 3 is 3.04 bits per heavy atom. The molecule has 0 N–H and O–H groups in total. The minimum atomic E-state index is -0.421. The zero-order valence-electron chi connectivity index (χ0n) is 13.8. The van der Waals surface area contributed by atoms with E-state index in [9.17, 15) is 4.79 Å². The highest BCUT2D eigenvalue weighted by Crippen LogP contribution is 2.21. The van der Waals surface area contributed by atoms with E-state index in [1.54, 1.807) is 6.33 Å². The molecule has 1 aromatic heterocycles. The lowest BCUT2D eigenvalue weighted by Crippen LogP contribution is -2.46. The highest BCUT2D eigenvalue weighted by atomic mass is 16.5. The largest absolute Gasteiger partial charge is 0.376 e. The minimum absolute atomic E-state index is 0.0608. The number of carbonyl (C=O) groups excluding carboxylic acids is 1. The van der Waals surface area contributed by atoms with E-state index in [0.29, 0.717) is 13.2 Å². The van der Waals surface area contributed by atoms with Crippen LogP contribution in [-0.4, -0.2) is 64.1 Å². The molecular weight excluding hydrogens is 296 g/mol. The van der Waals surface area contributed by atoms with Gasteiger partial charge in [0, 0.05) is 19.7 Å². The van der Waals surface area contributed by atoms with Crippen molar-refractivity contribution in [1.82, 2.24) is 19.7 Å². The van der Waals surface area contributed by atoms with Gasteiger partial charge in [0.25, 0.3) is 5.91 Å². The van der Waals surface area contributed by atoms with E-state index in [1.165, 1.54) is 12.7 Å². The fraction of sp³-hybridized carbons (Fsp3) is 0.812. The summed E-state index contributed by atoms with van der Waals surface area (Å²) in [5.74, 6) is 0.0608. The number of carbonyl (C=O) groups is 1. The van der Waals surface area contributed by atoms with Gasteiger partial charge >= 0.3 is 0 Å². The molecule has 1 amide bonds. The van der Waals surface area contributed by atoms with Crippen molar-refractivity contribution >= 4 is 5.91 Å². The molecule has 2 fully saturated rings. The smallest absolute Gasteiger partial charge is 0.251 e. The third-order valence-electron chi connectivity index (χ3n) is 4.67. The molecule has 3 rings (SSSR count). The second-order valence-corrected chi connectivity index (χ2v) is 6.42. The molecule has 0 spiro atoms. The molecule has 7 heteroatoms. The lowest BCUT2D eigenvalue weighted by atomic mass is 10.1. The van der Waals surface area contributed by atoms with E-state index in [2.05, 4.69) is 10.1 Å². The van der Waals surface area contributed by atoms with Crippen LogP contribution in [0.25, 0.3) is 0 Å². The zero-order valence-corrected chi connectivity index (χ0v) is 13.8. The van der Waals surface area contributed by atoms with Crippen LogP contribution >= 0.6 is 0 Å². The number of amides is 1. The van der Waals surface area contributed by atoms with Crippen LogP contribution in [0.2, 0.25) is 0 Å². The van der Waals surface area contributed by atoms with Crippen LogP contribution in [0.4, 0.5) is 0 Å². The van der Waals surface area contributed by atoms with Gasteiger partial charge in [-0.25, -0.2) is 9.67 Å². The summed E-state index contributed by atoms with van der Waals surface area (Å²) in [6, 6.07) is 0.212. The third kappa shape index (κ3) is 4.29. The molecule has 2 saturated heterocycles. The van der Waals surface area contributed by atoms with E-state index in [1.807, 2.05) is 16.5 Å². The first-order chi connectivity index (χ1) is 11.2. The predicted molar refractivity (Wildman–Crippen MR) is 83.9 cm³/mol. The second kappa shape index (κ2) is 7.88. The Labute approximate surface area is 137 Å². The van der Waals surface area contributed by atoms with Crippen LogP contribution in [-0.2, 0) is 14.3 Å². The molecule has 1 aromatic rings. The maximum absolute atomic E-state index is 12.6. The highest BCUT2D eigenvalue weighted by molar-refractivity contribution is 5.80. The maximum atomic E-state index is 12.6. The van der Waals surface area contributed by atoms with Gasteiger partial charge in [0.1, 0.15) is 18.8 Å². The lowest BCUT2D eigenvalue weighted by molar-refractivity contribution is -0.147. The molecule has 0 aliphatic carbocycles. The summed E-state index contributed by atoms with van der Waals surface area (Å²) in [5.41, 5.74) is 0. The van der Waals surface area contributed by atoms with Crippen molar-refractivity contribution in [2.75, 3.05) is 26.3 Å². The fourth-order valence-electron chi connectivity index (χ4n) is 3.30. The third-order valence-corrected chi connectivity index (χ3v) is 4.67. The molecule has 3 heterocycles. The van der Waals surface area contributed by atoms with Crippen molar-refractivity contribution in [2.24, 2.45) is 0 Å². The normalized spacial score (nSPS) is 26.9. The predicted octanol–water partition coefficient (Wildman–Crippen LogP) is 1.42. The first kappa shape index (κ1) is 16.4. The number of rotatable bonds is 5. The van der Waals surface area contributed by atoms with Crippen LogP contribution in [0.1, 0.15) is 45.1 Å². The molecule has 3 atom stereocenters. The first-order valence-electron chi connectivity index (χ1n) is 8.60. The van der Waals surface area contributed by atoms with Crippen molar-refractivity contribution in [1.29, 1.82) is 0 Å². The number of hydrogen-bond donors (Lipinski definition) is 0. The maximum Gasteiger partial charge on any atom is 0.251 e. The highest BCUT2D eigenvalue weighted by Gasteiger charge is 2.29. The monoisotopic (exact) mass is 322 g/mol. The van der Waals surface area contributed by atoms with E-state index < -0.39 is 6.10 Å². The molecule has 2 aliphatic rings. The molecule has 0 bridgehead atoms. The van der Waals surface area contributed by atoms with Crippen molar-refractivity contribution in [3.05, 3.63) is 12.7 Å². The summed E-state index contributed by atoms with van der Waals surface area (Å²) in [6.07, 6.45) is 8.32. The van der Waals surface area contributed by atoms with Gasteiger partial charge in [-0.1, -0.05) is 0 Å². The molecule has 0 unspecified atom stereocenters. The van der Waals surface area contributed by atoms with Crippen LogP contribution in [0.5, 0.6) is 0 Å². The molecule has 2 aliphatic heterocycles. The molecule has 0 saturated carbocycles. The SMILES string of the molecule is C[C@H](OC[C@H]1CCCCO1)C(=O)N1CCC[C@H](n2cncn2)C1. The molecule has 0 radical (unpaired) electrons. The van der Waals surface area contributed by atoms with E-state index in [4.69, 9.17) is 9.47 Å². The second-order valence-electron chi connectivity index (χ2n) is 6.42. The van der Waals surface area contributed by atoms with Gasteiger partial charge in [-0.15, -0.1) is 0 Å². The summed E-state index contributed by atoms with van der Waals surface area (Å²) in [6.45, 7) is 4.62. The van der Waals surface area contributed by atoms with Crippen molar-refractivity contribution in [2.45, 2.75) is 57.3 Å². The summed E-state index contributed by atoms with van der Waals surface area (Å²) < 4.78 is 13.3. The topological polar surface area (TPSA) is 69.5 Å². The Kier molecular flexibility index (Phi) is 5.61. The van der Waals surface area contributed by atoms with E-state index in [-0.39, 0.29) is 18.1 Å². The summed E-state index contributed by atoms with van der Waals surface area (Å²) >= 11 is 0. The Hall–Kier alpha value is -1.47. The van der Waals surface area contributed by atoms with Crippen molar-refractivity contribution in [3.8, 4) is 0 Å². The molecular formula is C16H26N4O3. The van der Waals surface area contributed by atoms with Gasteiger partial charge in [0.05, 0.1) is 18.8 Å². The quantitative estimate of drug-likeness (QED) is 0.820. The lowest BCUT2D eigenvalue weighted by Gasteiger charge is -2.34. The number of aromatic nitrogens is 3. The van der Waals surface area contributed by atoms with Gasteiger partial charge < -0.3 is 14.4 Å². The molecule has 23 heavy (non-hydrogen) atoms. The standard InChI is InChI=1S/C16H26N4O3/c1-13(23-10-15-6-2-3-8-22-15)16(21)19-7-4-5-14(9-19)20-12-17-11-18-20/h11-15H,2-10H2,1H3/t13-,14-,15+/m0/s1. The Morgan fingerprint density at radius 1 is 1.39 bits per heavy atom. The first-order valence-corrected chi connectivity index (χ1v) is 8.60. The average molecular weight is 322 g/mol. The van der Waals surface area contributed by atoms with Gasteiger partial charge in [0.2, 0.25) is 0 Å². The van der Waals surface area contributed by atoms with Gasteiger partial charge in [0.15, 0.2) is 0 Å². The Bertz CT molecular complexity index is 488. The Morgan fingerprint density at radius 2 is 2.30 bits per heavy atom. The number of piperidine rings is 1. The van der Waals surface area contributed by atoms with Gasteiger partial charge in [-0.2, -0.15) is 5.10 Å². The van der Waals surface area contributed by atoms with Gasteiger partial charge in [-0.05, 0) is 39.0 Å². The summed E-state index contributed by atoms with van der Waals surface area (Å²) in [5, 5.41) is 4.20. The summed E-state index contributed by atoms with van der Waals surface area (Å²) in [7, 11) is 0. The van der Waals surface area contributed by atoms with E-state index in [0.717, 1.165) is 38.8 Å². The molecule has 0 aromatic carbocycles. The number of ether oxygens (including phenoxy) is 2. The zero-order chi connectivity index (χ0) is 16.1. The van der Waals surface area contributed by atoms with Crippen molar-refractivity contribution in [3.63, 3.8) is 0 Å². The van der Waals surface area contributed by atoms with E-state index >= 15 is 0 Å². The van der Waals surface area contributed by atoms with Crippen LogP contribution < -0.4 is 0 Å². The number of nitrogens with zero attached hydrogens (tertiary/aromatic N) is 4. The minimum Gasteiger partial charge on any atom is -0.376 e. The molecule has 128 valence electrons. The summed E-state index contributed by atoms with van der Waals surface area (Å²) in [4.78, 5) is 18.5. The fourth-order valence-corrected chi connectivity index (χ4v) is 3.30. The average Bonchev–Trinajstić information content (AvgIpc) is 3.15. The molecule has 7 nitrogen and oxygen atoms in total.